The van der Waals surface area contributed by atoms with Crippen LogP contribution in [0.1, 0.15) is 25.0 Å². The Kier molecular flexibility index (Phi) is 4.30. The minimum Gasteiger partial charge on any atom is -0.294 e. The van der Waals surface area contributed by atoms with Crippen LogP contribution in [0.2, 0.25) is 0 Å². The van der Waals surface area contributed by atoms with E-state index in [1.54, 1.807) is 0 Å². The van der Waals surface area contributed by atoms with E-state index in [0.717, 1.165) is 16.7 Å². The van der Waals surface area contributed by atoms with Gasteiger partial charge in [-0.2, -0.15) is 0 Å². The van der Waals surface area contributed by atoms with Crippen molar-refractivity contribution >= 4 is 17.4 Å². The van der Waals surface area contributed by atoms with Crippen molar-refractivity contribution in [2.45, 2.75) is 13.8 Å². The molecule has 96 valence electrons. The first-order valence-corrected chi connectivity index (χ1v) is 6.55. The SMILES string of the molecule is CC(C)C(=O)C(=Cc1ccccc1)c1ccccc1. The number of ketones is 1. The van der Waals surface area contributed by atoms with Crippen molar-refractivity contribution in [1.29, 1.82) is 0 Å². The van der Waals surface area contributed by atoms with Gasteiger partial charge in [0.15, 0.2) is 5.78 Å². The van der Waals surface area contributed by atoms with Crippen LogP contribution in [-0.4, -0.2) is 5.78 Å². The molecule has 0 atom stereocenters. The second kappa shape index (κ2) is 6.14. The van der Waals surface area contributed by atoms with E-state index < -0.39 is 0 Å². The van der Waals surface area contributed by atoms with Crippen molar-refractivity contribution in [3.63, 3.8) is 0 Å². The van der Waals surface area contributed by atoms with Gasteiger partial charge in [-0.15, -0.1) is 0 Å². The molecule has 0 saturated heterocycles. The third-order valence-electron chi connectivity index (χ3n) is 2.99. The summed E-state index contributed by atoms with van der Waals surface area (Å²) < 4.78 is 0. The highest BCUT2D eigenvalue weighted by Gasteiger charge is 2.15. The van der Waals surface area contributed by atoms with Gasteiger partial charge in [-0.1, -0.05) is 74.5 Å². The average Bonchev–Trinajstić information content (AvgIpc) is 2.46. The molecule has 0 saturated carbocycles. The number of hydrogen-bond acceptors (Lipinski definition) is 1. The molecule has 2 aromatic carbocycles. The van der Waals surface area contributed by atoms with Crippen LogP contribution >= 0.6 is 0 Å². The number of benzene rings is 2. The van der Waals surface area contributed by atoms with Gasteiger partial charge in [0.05, 0.1) is 0 Å². The van der Waals surface area contributed by atoms with Crippen LogP contribution in [-0.2, 0) is 4.79 Å². The molecule has 0 amide bonds. The van der Waals surface area contributed by atoms with Crippen LogP contribution in [0.25, 0.3) is 11.6 Å². The van der Waals surface area contributed by atoms with Gasteiger partial charge in [-0.25, -0.2) is 0 Å². The third-order valence-corrected chi connectivity index (χ3v) is 2.99. The van der Waals surface area contributed by atoms with E-state index in [1.807, 2.05) is 80.6 Å². The molecule has 1 heteroatoms. The predicted molar refractivity (Wildman–Crippen MR) is 80.6 cm³/mol. The maximum absolute atomic E-state index is 12.4. The quantitative estimate of drug-likeness (QED) is 0.578. The molecule has 0 bridgehead atoms. The molecular formula is C18H18O. The highest BCUT2D eigenvalue weighted by atomic mass is 16.1. The molecular weight excluding hydrogens is 232 g/mol. The predicted octanol–water partition coefficient (Wildman–Crippen LogP) is 4.45. The summed E-state index contributed by atoms with van der Waals surface area (Å²) in [6, 6.07) is 19.8. The van der Waals surface area contributed by atoms with Gasteiger partial charge in [0, 0.05) is 11.5 Å². The highest BCUT2D eigenvalue weighted by Crippen LogP contribution is 2.22. The minimum atomic E-state index is -0.00447. The summed E-state index contributed by atoms with van der Waals surface area (Å²) in [6.45, 7) is 3.87. The summed E-state index contributed by atoms with van der Waals surface area (Å²) in [4.78, 5) is 12.4. The first kappa shape index (κ1) is 13.3. The molecule has 0 aliphatic heterocycles. The Morgan fingerprint density at radius 3 is 1.95 bits per heavy atom. The lowest BCUT2D eigenvalue weighted by molar-refractivity contribution is -0.116. The number of Topliss-reactive ketones (excluding diaryl/α,β-unsaturated/α-hetero) is 1. The second-order valence-corrected chi connectivity index (χ2v) is 4.85. The summed E-state index contributed by atoms with van der Waals surface area (Å²) in [7, 11) is 0. The van der Waals surface area contributed by atoms with Gasteiger partial charge < -0.3 is 0 Å². The van der Waals surface area contributed by atoms with Crippen LogP contribution in [0.4, 0.5) is 0 Å². The fraction of sp³-hybridized carbons (Fsp3) is 0.167. The van der Waals surface area contributed by atoms with Crippen LogP contribution < -0.4 is 0 Å². The Morgan fingerprint density at radius 2 is 1.42 bits per heavy atom. The summed E-state index contributed by atoms with van der Waals surface area (Å²) in [5.41, 5.74) is 2.81. The second-order valence-electron chi connectivity index (χ2n) is 4.85. The van der Waals surface area contributed by atoms with Gasteiger partial charge in [-0.3, -0.25) is 4.79 Å². The van der Waals surface area contributed by atoms with E-state index in [1.165, 1.54) is 0 Å². The summed E-state index contributed by atoms with van der Waals surface area (Å²) in [5, 5.41) is 0. The van der Waals surface area contributed by atoms with E-state index in [2.05, 4.69) is 0 Å². The minimum absolute atomic E-state index is 0.00447. The van der Waals surface area contributed by atoms with Crippen molar-refractivity contribution in [1.82, 2.24) is 0 Å². The summed E-state index contributed by atoms with van der Waals surface area (Å²) >= 11 is 0. The van der Waals surface area contributed by atoms with Gasteiger partial charge in [0.1, 0.15) is 0 Å². The van der Waals surface area contributed by atoms with Crippen LogP contribution in [0, 0.1) is 5.92 Å². The fourth-order valence-electron chi connectivity index (χ4n) is 1.94. The average molecular weight is 250 g/mol. The normalized spacial score (nSPS) is 11.6. The molecule has 0 aromatic heterocycles. The smallest absolute Gasteiger partial charge is 0.166 e. The first-order chi connectivity index (χ1) is 9.18. The molecule has 0 radical (unpaired) electrons. The van der Waals surface area contributed by atoms with Crippen molar-refractivity contribution in [2.24, 2.45) is 5.92 Å². The molecule has 0 aliphatic rings. The van der Waals surface area contributed by atoms with Crippen molar-refractivity contribution in [3.8, 4) is 0 Å². The lowest BCUT2D eigenvalue weighted by Gasteiger charge is -2.10. The molecule has 2 aromatic rings. The summed E-state index contributed by atoms with van der Waals surface area (Å²) in [5.74, 6) is 0.172. The van der Waals surface area contributed by atoms with Crippen LogP contribution in [0.15, 0.2) is 60.7 Å². The fourth-order valence-corrected chi connectivity index (χ4v) is 1.94. The van der Waals surface area contributed by atoms with Crippen molar-refractivity contribution < 1.29 is 4.79 Å². The number of carbonyl (C=O) groups is 1. The Hall–Kier alpha value is -2.15. The van der Waals surface area contributed by atoms with E-state index in [4.69, 9.17) is 0 Å². The standard InChI is InChI=1S/C18H18O/c1-14(2)18(19)17(16-11-7-4-8-12-16)13-15-9-5-3-6-10-15/h3-14H,1-2H3. The van der Waals surface area contributed by atoms with Crippen LogP contribution in [0.5, 0.6) is 0 Å². The first-order valence-electron chi connectivity index (χ1n) is 6.55. The Bertz CT molecular complexity index is 565. The van der Waals surface area contributed by atoms with Gasteiger partial charge >= 0.3 is 0 Å². The van der Waals surface area contributed by atoms with E-state index in [-0.39, 0.29) is 11.7 Å². The third kappa shape index (κ3) is 3.41. The highest BCUT2D eigenvalue weighted by molar-refractivity contribution is 6.25. The summed E-state index contributed by atoms with van der Waals surface area (Å²) in [6.07, 6.45) is 1.97. The number of rotatable bonds is 4. The zero-order valence-electron chi connectivity index (χ0n) is 11.3. The molecule has 0 spiro atoms. The Morgan fingerprint density at radius 1 is 0.895 bits per heavy atom. The molecule has 2 rings (SSSR count). The molecule has 0 heterocycles. The van der Waals surface area contributed by atoms with Gasteiger partial charge in [-0.05, 0) is 17.2 Å². The molecule has 0 fully saturated rings. The topological polar surface area (TPSA) is 17.1 Å². The molecule has 0 N–H and O–H groups in total. The number of carbonyl (C=O) groups excluding carboxylic acids is 1. The van der Waals surface area contributed by atoms with Crippen molar-refractivity contribution in [3.05, 3.63) is 71.8 Å². The van der Waals surface area contributed by atoms with Gasteiger partial charge in [0.25, 0.3) is 0 Å². The zero-order valence-corrected chi connectivity index (χ0v) is 11.3. The zero-order chi connectivity index (χ0) is 13.7. The number of hydrogen-bond donors (Lipinski definition) is 0. The van der Waals surface area contributed by atoms with E-state index in [0.29, 0.717) is 0 Å². The van der Waals surface area contributed by atoms with Gasteiger partial charge in [0.2, 0.25) is 0 Å². The molecule has 0 aliphatic carbocycles. The molecule has 0 unspecified atom stereocenters. The Balaban J connectivity index is 2.47. The van der Waals surface area contributed by atoms with Crippen molar-refractivity contribution in [2.75, 3.05) is 0 Å². The van der Waals surface area contributed by atoms with E-state index in [9.17, 15) is 4.79 Å². The lowest BCUT2D eigenvalue weighted by atomic mass is 9.93. The maximum atomic E-state index is 12.4. The largest absolute Gasteiger partial charge is 0.294 e. The maximum Gasteiger partial charge on any atom is 0.166 e. The number of allylic oxidation sites excluding steroid dienone is 1. The molecule has 19 heavy (non-hydrogen) atoms. The monoisotopic (exact) mass is 250 g/mol. The van der Waals surface area contributed by atoms with Crippen LogP contribution in [0.3, 0.4) is 0 Å². The van der Waals surface area contributed by atoms with E-state index >= 15 is 0 Å². The Labute approximate surface area is 114 Å². The lowest BCUT2D eigenvalue weighted by Crippen LogP contribution is -2.09. The molecule has 1 nitrogen and oxygen atoms in total.